The molecule has 0 amide bonds. The molecule has 2 aliphatic heterocycles. The number of ether oxygens (including phenoxy) is 2. The normalized spacial score (nSPS) is 15.7. The van der Waals surface area contributed by atoms with Crippen LogP contribution in [0.15, 0.2) is 121 Å². The van der Waals surface area contributed by atoms with Crippen molar-refractivity contribution in [1.29, 1.82) is 0 Å². The standard InChI is InChI=1S/C21H18ClN5O3.C17H13BrClN3O3.C4H6N2.CH4/c1-12-9-27(11-23-12)17-7-6-15(25-21(17)28-2)20-24-16(10-29-26-20)19-8-13-14(22)4-3-5-18(13)30-19;1-23-17-10(18)5-6-12(21-17)16-20-13(8-24-22-16)15-7-9-11(19)3-2-4-14(9)25-15;1-4-2-5-3-6-4;/h3-9,11,16H,10H2,1-2H3,(H,24,26);2-7,13H,8H2,1H3,(H,20,22);2-3H,1H3,(H,5,6);1H4. The highest BCUT2D eigenvalue weighted by Crippen LogP contribution is 2.34. The Labute approximate surface area is 374 Å². The fourth-order valence-corrected chi connectivity index (χ4v) is 7.08. The molecule has 8 heterocycles. The second-order valence-corrected chi connectivity index (χ2v) is 15.2. The molecule has 320 valence electrons. The molecule has 2 atom stereocenters. The number of methoxy groups -OCH3 is 2. The molecule has 8 aromatic rings. The highest BCUT2D eigenvalue weighted by Gasteiger charge is 2.25. The molecule has 62 heavy (non-hydrogen) atoms. The number of amidine groups is 2. The molecule has 0 fully saturated rings. The Morgan fingerprint density at radius 2 is 1.32 bits per heavy atom. The topological polar surface area (TPSA) is 184 Å². The molecule has 10 rings (SSSR count). The maximum Gasteiger partial charge on any atom is 0.238 e. The van der Waals surface area contributed by atoms with E-state index in [4.69, 9.17) is 56.2 Å². The van der Waals surface area contributed by atoms with Gasteiger partial charge in [0, 0.05) is 28.9 Å². The van der Waals surface area contributed by atoms with Gasteiger partial charge in [-0.3, -0.25) is 19.7 Å². The second-order valence-electron chi connectivity index (χ2n) is 13.5. The minimum Gasteiger partial charge on any atom is -0.480 e. The van der Waals surface area contributed by atoms with E-state index in [1.165, 1.54) is 0 Å². The quantitative estimate of drug-likeness (QED) is 0.138. The first kappa shape index (κ1) is 43.8. The lowest BCUT2D eigenvalue weighted by molar-refractivity contribution is 0.0580. The zero-order valence-electron chi connectivity index (χ0n) is 33.0. The molecule has 0 spiro atoms. The summed E-state index contributed by atoms with van der Waals surface area (Å²) in [5.41, 5.74) is 11.1. The lowest BCUT2D eigenvalue weighted by atomic mass is 10.2. The van der Waals surface area contributed by atoms with Crippen molar-refractivity contribution in [2.75, 3.05) is 27.4 Å². The highest BCUT2D eigenvalue weighted by molar-refractivity contribution is 9.10. The molecule has 0 aliphatic carbocycles. The van der Waals surface area contributed by atoms with Gasteiger partial charge in [-0.1, -0.05) is 42.8 Å². The van der Waals surface area contributed by atoms with E-state index >= 15 is 0 Å². The molecule has 0 saturated carbocycles. The summed E-state index contributed by atoms with van der Waals surface area (Å²) in [6, 6.07) is 21.7. The minimum absolute atomic E-state index is 0. The number of benzene rings is 2. The first-order valence-electron chi connectivity index (χ1n) is 18.7. The number of aryl methyl sites for hydroxylation is 2. The molecule has 16 nitrogen and oxygen atoms in total. The van der Waals surface area contributed by atoms with Crippen LogP contribution in [-0.2, 0) is 9.68 Å². The van der Waals surface area contributed by atoms with Crippen molar-refractivity contribution in [2.45, 2.75) is 33.4 Å². The summed E-state index contributed by atoms with van der Waals surface area (Å²) >= 11 is 15.9. The number of hydroxylamine groups is 2. The molecule has 0 bridgehead atoms. The van der Waals surface area contributed by atoms with E-state index < -0.39 is 0 Å². The fraction of sp³-hybridized carbons (Fsp3) is 0.209. The number of hydrogen-bond acceptors (Lipinski definition) is 14. The summed E-state index contributed by atoms with van der Waals surface area (Å²) in [5.74, 6) is 3.28. The van der Waals surface area contributed by atoms with Gasteiger partial charge in [-0.05, 0) is 90.4 Å². The van der Waals surface area contributed by atoms with Crippen molar-refractivity contribution >= 4 is 72.7 Å². The minimum atomic E-state index is -0.325. The van der Waals surface area contributed by atoms with Gasteiger partial charge in [-0.25, -0.2) is 30.9 Å². The summed E-state index contributed by atoms with van der Waals surface area (Å²) in [4.78, 5) is 40.3. The third kappa shape index (κ3) is 9.77. The van der Waals surface area contributed by atoms with E-state index in [2.05, 4.69) is 56.8 Å². The van der Waals surface area contributed by atoms with Gasteiger partial charge in [-0.2, -0.15) is 0 Å². The number of aliphatic imine (C=N–C) groups is 2. The Morgan fingerprint density at radius 3 is 1.79 bits per heavy atom. The van der Waals surface area contributed by atoms with Gasteiger partial charge >= 0.3 is 0 Å². The van der Waals surface area contributed by atoms with Crippen LogP contribution in [0.5, 0.6) is 11.8 Å². The number of imidazole rings is 2. The Balaban J connectivity index is 0.000000164. The number of furan rings is 2. The van der Waals surface area contributed by atoms with Crippen molar-refractivity contribution in [3.63, 3.8) is 0 Å². The third-order valence-corrected chi connectivity index (χ3v) is 10.5. The third-order valence-electron chi connectivity index (χ3n) is 9.25. The highest BCUT2D eigenvalue weighted by atomic mass is 79.9. The molecule has 6 aromatic heterocycles. The maximum atomic E-state index is 6.26. The lowest BCUT2D eigenvalue weighted by Gasteiger charge is -2.20. The first-order valence-corrected chi connectivity index (χ1v) is 20.2. The molecule has 3 N–H and O–H groups in total. The fourth-order valence-electron chi connectivity index (χ4n) is 6.25. The van der Waals surface area contributed by atoms with Gasteiger partial charge in [-0.15, -0.1) is 0 Å². The summed E-state index contributed by atoms with van der Waals surface area (Å²) in [6.45, 7) is 4.56. The van der Waals surface area contributed by atoms with Gasteiger partial charge in [0.1, 0.15) is 65.1 Å². The van der Waals surface area contributed by atoms with Crippen LogP contribution < -0.4 is 20.4 Å². The van der Waals surface area contributed by atoms with Crippen LogP contribution in [0.2, 0.25) is 10.0 Å². The Hall–Kier alpha value is -6.24. The van der Waals surface area contributed by atoms with Crippen LogP contribution in [-0.4, -0.2) is 68.6 Å². The van der Waals surface area contributed by atoms with Gasteiger partial charge < -0.3 is 27.9 Å². The van der Waals surface area contributed by atoms with E-state index in [1.54, 1.807) is 33.1 Å². The van der Waals surface area contributed by atoms with Crippen LogP contribution in [0.3, 0.4) is 0 Å². The van der Waals surface area contributed by atoms with Gasteiger partial charge in [0.25, 0.3) is 0 Å². The summed E-state index contributed by atoms with van der Waals surface area (Å²) in [6.07, 6.45) is 7.06. The number of rotatable bonds is 7. The SMILES string of the molecule is C.COc1nc(C2=NC(c3cc4c(Cl)cccc4o3)CON2)ccc1-n1cnc(C)c1.COc1nc(C2=NC(c3cc4c(Cl)cccc4o3)CON2)ccc1Br.Cc1cnc[nH]1. The van der Waals surface area contributed by atoms with Crippen molar-refractivity contribution in [1.82, 2.24) is 40.4 Å². The maximum absolute atomic E-state index is 6.26. The molecule has 0 radical (unpaired) electrons. The van der Waals surface area contributed by atoms with E-state index in [-0.39, 0.29) is 19.5 Å². The average molecular weight is 945 g/mol. The molecular weight excluding hydrogens is 903 g/mol. The summed E-state index contributed by atoms with van der Waals surface area (Å²) < 4.78 is 25.2. The van der Waals surface area contributed by atoms with Crippen LogP contribution in [0.25, 0.3) is 27.6 Å². The van der Waals surface area contributed by atoms with Crippen molar-refractivity contribution in [3.05, 3.63) is 147 Å². The number of nitrogens with zero attached hydrogens (tertiary/aromatic N) is 7. The summed E-state index contributed by atoms with van der Waals surface area (Å²) in [5, 5.41) is 2.99. The number of fused-ring (bicyclic) bond motifs is 2. The zero-order valence-corrected chi connectivity index (χ0v) is 36.1. The number of pyridine rings is 2. The van der Waals surface area contributed by atoms with E-state index in [0.29, 0.717) is 75.2 Å². The lowest BCUT2D eigenvalue weighted by Crippen LogP contribution is -2.33. The molecule has 2 aromatic carbocycles. The molecule has 2 aliphatic rings. The van der Waals surface area contributed by atoms with Crippen LogP contribution >= 0.6 is 39.1 Å². The second kappa shape index (κ2) is 19.6. The monoisotopic (exact) mass is 942 g/mol. The number of H-pyrrole nitrogens is 1. The predicted molar refractivity (Wildman–Crippen MR) is 240 cm³/mol. The Kier molecular flexibility index (Phi) is 13.9. The number of aromatic nitrogens is 6. The predicted octanol–water partition coefficient (Wildman–Crippen LogP) is 9.64. The van der Waals surface area contributed by atoms with E-state index in [0.717, 1.165) is 37.9 Å². The molecule has 19 heteroatoms. The van der Waals surface area contributed by atoms with Gasteiger partial charge in [0.2, 0.25) is 11.8 Å². The van der Waals surface area contributed by atoms with Crippen LogP contribution in [0, 0.1) is 13.8 Å². The smallest absolute Gasteiger partial charge is 0.238 e. The number of halogens is 3. The van der Waals surface area contributed by atoms with Crippen molar-refractivity contribution in [2.24, 2.45) is 9.98 Å². The molecule has 2 unspecified atom stereocenters. The van der Waals surface area contributed by atoms with Crippen LogP contribution in [0.4, 0.5) is 0 Å². The summed E-state index contributed by atoms with van der Waals surface area (Å²) in [7, 11) is 3.14. The average Bonchev–Trinajstić information content (AvgIpc) is 4.13. The van der Waals surface area contributed by atoms with E-state index in [1.807, 2.05) is 97.4 Å². The van der Waals surface area contributed by atoms with Crippen molar-refractivity contribution in [3.8, 4) is 17.4 Å². The first-order chi connectivity index (χ1) is 29.7. The largest absolute Gasteiger partial charge is 0.480 e. The molecule has 0 saturated heterocycles. The van der Waals surface area contributed by atoms with Crippen molar-refractivity contribution < 1.29 is 28.0 Å². The van der Waals surface area contributed by atoms with Gasteiger partial charge in [0.15, 0.2) is 11.7 Å². The van der Waals surface area contributed by atoms with Gasteiger partial charge in [0.05, 0.1) is 47.1 Å². The Bertz CT molecular complexity index is 2860. The number of hydrogen-bond donors (Lipinski definition) is 3. The number of aromatic amines is 1. The zero-order chi connectivity index (χ0) is 42.5. The van der Waals surface area contributed by atoms with E-state index in [9.17, 15) is 0 Å². The molecular formula is C43H41BrCl2N10O6. The Morgan fingerprint density at radius 1 is 0.758 bits per heavy atom. The van der Waals surface area contributed by atoms with Crippen LogP contribution in [0.1, 0.15) is 53.8 Å². The number of nitrogens with one attached hydrogen (secondary N) is 3.